The van der Waals surface area contributed by atoms with E-state index in [0.717, 1.165) is 5.56 Å². The summed E-state index contributed by atoms with van der Waals surface area (Å²) in [6.07, 6.45) is 4.75. The van der Waals surface area contributed by atoms with Gasteiger partial charge in [0, 0.05) is 38.0 Å². The molecule has 0 saturated heterocycles. The first kappa shape index (κ1) is 21.8. The summed E-state index contributed by atoms with van der Waals surface area (Å²) in [6.45, 7) is 0.304. The van der Waals surface area contributed by atoms with Crippen LogP contribution in [0.4, 0.5) is 0 Å². The summed E-state index contributed by atoms with van der Waals surface area (Å²) in [5.41, 5.74) is 0.942. The first-order valence-electron chi connectivity index (χ1n) is 9.55. The van der Waals surface area contributed by atoms with Crippen molar-refractivity contribution >= 4 is 22.7 Å². The van der Waals surface area contributed by atoms with Crippen molar-refractivity contribution in [3.8, 4) is 11.5 Å². The van der Waals surface area contributed by atoms with Gasteiger partial charge in [0.25, 0.3) is 5.56 Å². The molecule has 2 heterocycles. The predicted octanol–water partition coefficient (Wildman–Crippen LogP) is 0.631. The van der Waals surface area contributed by atoms with E-state index in [2.05, 4.69) is 20.6 Å². The molecule has 3 rings (SSSR count). The average molecular weight is 425 g/mol. The molecule has 0 aliphatic heterocycles. The summed E-state index contributed by atoms with van der Waals surface area (Å²) >= 11 is 0. The Bertz CT molecular complexity index is 1130. The first-order valence-corrected chi connectivity index (χ1v) is 9.55. The lowest BCUT2D eigenvalue weighted by Gasteiger charge is -2.11. The van der Waals surface area contributed by atoms with Gasteiger partial charge in [0.05, 0.1) is 31.4 Å². The Hall–Kier alpha value is -3.95. The Balaban J connectivity index is 1.54. The van der Waals surface area contributed by atoms with Crippen LogP contribution in [0.5, 0.6) is 11.5 Å². The van der Waals surface area contributed by atoms with Crippen molar-refractivity contribution in [2.75, 3.05) is 20.8 Å². The molecule has 1 aromatic carbocycles. The third-order valence-corrected chi connectivity index (χ3v) is 4.53. The van der Waals surface area contributed by atoms with Gasteiger partial charge in [-0.1, -0.05) is 6.07 Å². The van der Waals surface area contributed by atoms with Crippen molar-refractivity contribution in [3.63, 3.8) is 0 Å². The van der Waals surface area contributed by atoms with Crippen LogP contribution in [0.3, 0.4) is 0 Å². The molecule has 10 heteroatoms. The lowest BCUT2D eigenvalue weighted by molar-refractivity contribution is -0.122. The summed E-state index contributed by atoms with van der Waals surface area (Å²) < 4.78 is 11.6. The van der Waals surface area contributed by atoms with Gasteiger partial charge in [0.2, 0.25) is 11.8 Å². The average Bonchev–Trinajstić information content (AvgIpc) is 2.79. The van der Waals surface area contributed by atoms with E-state index in [1.807, 2.05) is 6.07 Å². The third-order valence-electron chi connectivity index (χ3n) is 4.53. The van der Waals surface area contributed by atoms with Crippen LogP contribution >= 0.6 is 0 Å². The number of aromatic nitrogens is 3. The number of fused-ring (bicyclic) bond motifs is 1. The molecule has 31 heavy (non-hydrogen) atoms. The van der Waals surface area contributed by atoms with E-state index in [1.54, 1.807) is 24.5 Å². The Labute approximate surface area is 178 Å². The Morgan fingerprint density at radius 1 is 1.10 bits per heavy atom. The topological polar surface area (TPSA) is 124 Å². The van der Waals surface area contributed by atoms with Crippen LogP contribution in [-0.2, 0) is 22.7 Å². The maximum absolute atomic E-state index is 12.7. The molecular formula is C21H23N5O5. The Morgan fingerprint density at radius 2 is 1.87 bits per heavy atom. The molecule has 0 saturated carbocycles. The van der Waals surface area contributed by atoms with E-state index in [9.17, 15) is 14.4 Å². The molecule has 2 N–H and O–H groups in total. The van der Waals surface area contributed by atoms with E-state index in [-0.39, 0.29) is 31.0 Å². The number of pyridine rings is 1. The SMILES string of the molecule is COc1cc2ncn(CC(=O)NCCC(=O)NCc3cccnc3)c(=O)c2cc1OC. The zero-order valence-corrected chi connectivity index (χ0v) is 17.3. The van der Waals surface area contributed by atoms with Gasteiger partial charge in [-0.2, -0.15) is 0 Å². The molecule has 0 bridgehead atoms. The largest absolute Gasteiger partial charge is 0.493 e. The molecule has 0 atom stereocenters. The van der Waals surface area contributed by atoms with Crippen LogP contribution in [0.15, 0.2) is 47.8 Å². The normalized spacial score (nSPS) is 10.5. The molecule has 0 radical (unpaired) electrons. The lowest BCUT2D eigenvalue weighted by atomic mass is 10.2. The second-order valence-corrected chi connectivity index (χ2v) is 6.64. The number of hydrogen-bond donors (Lipinski definition) is 2. The highest BCUT2D eigenvalue weighted by atomic mass is 16.5. The minimum absolute atomic E-state index is 0.119. The molecule has 0 aliphatic rings. The third kappa shape index (κ3) is 5.56. The number of carbonyl (C=O) groups excluding carboxylic acids is 2. The quantitative estimate of drug-likeness (QED) is 0.515. The van der Waals surface area contributed by atoms with Crippen molar-refractivity contribution in [1.29, 1.82) is 0 Å². The van der Waals surface area contributed by atoms with Gasteiger partial charge in [-0.05, 0) is 17.7 Å². The number of carbonyl (C=O) groups is 2. The molecule has 0 aliphatic carbocycles. The monoisotopic (exact) mass is 425 g/mol. The van der Waals surface area contributed by atoms with Crippen LogP contribution < -0.4 is 25.7 Å². The van der Waals surface area contributed by atoms with Crippen molar-refractivity contribution in [1.82, 2.24) is 25.2 Å². The van der Waals surface area contributed by atoms with E-state index in [4.69, 9.17) is 9.47 Å². The Kier molecular flexibility index (Phi) is 7.15. The van der Waals surface area contributed by atoms with Crippen LogP contribution in [-0.4, -0.2) is 47.1 Å². The summed E-state index contributed by atoms with van der Waals surface area (Å²) in [6, 6.07) is 6.78. The van der Waals surface area contributed by atoms with Crippen LogP contribution in [0.2, 0.25) is 0 Å². The van der Waals surface area contributed by atoms with E-state index in [0.29, 0.717) is 28.9 Å². The molecule has 0 fully saturated rings. The van der Waals surface area contributed by atoms with Gasteiger partial charge in [-0.15, -0.1) is 0 Å². The molecule has 3 aromatic rings. The number of nitrogens with zero attached hydrogens (tertiary/aromatic N) is 3. The number of amides is 2. The molecule has 162 valence electrons. The predicted molar refractivity (Wildman–Crippen MR) is 113 cm³/mol. The molecule has 2 aromatic heterocycles. The lowest BCUT2D eigenvalue weighted by Crippen LogP contribution is -2.35. The molecule has 2 amide bonds. The second kappa shape index (κ2) is 10.2. The molecule has 10 nitrogen and oxygen atoms in total. The number of rotatable bonds is 9. The summed E-state index contributed by atoms with van der Waals surface area (Å²) in [5, 5.41) is 5.69. The fraction of sp³-hybridized carbons (Fsp3) is 0.286. The zero-order chi connectivity index (χ0) is 22.2. The maximum atomic E-state index is 12.7. The number of benzene rings is 1. The van der Waals surface area contributed by atoms with Gasteiger partial charge < -0.3 is 20.1 Å². The summed E-state index contributed by atoms with van der Waals surface area (Å²) in [5.74, 6) is 0.256. The van der Waals surface area contributed by atoms with Gasteiger partial charge in [-0.3, -0.25) is 23.9 Å². The second-order valence-electron chi connectivity index (χ2n) is 6.64. The van der Waals surface area contributed by atoms with Crippen LogP contribution in [0, 0.1) is 0 Å². The highest BCUT2D eigenvalue weighted by molar-refractivity contribution is 5.82. The van der Waals surface area contributed by atoms with Crippen molar-refractivity contribution in [2.45, 2.75) is 19.5 Å². The molecular weight excluding hydrogens is 402 g/mol. The van der Waals surface area contributed by atoms with Crippen LogP contribution in [0.1, 0.15) is 12.0 Å². The number of nitrogens with one attached hydrogen (secondary N) is 2. The van der Waals surface area contributed by atoms with E-state index >= 15 is 0 Å². The van der Waals surface area contributed by atoms with Crippen LogP contribution in [0.25, 0.3) is 10.9 Å². The minimum Gasteiger partial charge on any atom is -0.493 e. The summed E-state index contributed by atoms with van der Waals surface area (Å²) in [4.78, 5) is 45.0. The van der Waals surface area contributed by atoms with Gasteiger partial charge in [0.1, 0.15) is 6.54 Å². The maximum Gasteiger partial charge on any atom is 0.261 e. The number of hydrogen-bond acceptors (Lipinski definition) is 7. The Morgan fingerprint density at radius 3 is 2.58 bits per heavy atom. The number of methoxy groups -OCH3 is 2. The highest BCUT2D eigenvalue weighted by Gasteiger charge is 2.13. The fourth-order valence-electron chi connectivity index (χ4n) is 2.92. The molecule has 0 spiro atoms. The van der Waals surface area contributed by atoms with Crippen molar-refractivity contribution < 1.29 is 19.1 Å². The van der Waals surface area contributed by atoms with Gasteiger partial charge in [-0.25, -0.2) is 4.98 Å². The molecule has 0 unspecified atom stereocenters. The van der Waals surface area contributed by atoms with Crippen molar-refractivity contribution in [3.05, 3.63) is 58.9 Å². The minimum atomic E-state index is -0.399. The van der Waals surface area contributed by atoms with Gasteiger partial charge >= 0.3 is 0 Å². The number of ether oxygens (including phenoxy) is 2. The van der Waals surface area contributed by atoms with Gasteiger partial charge in [0.15, 0.2) is 11.5 Å². The fourth-order valence-corrected chi connectivity index (χ4v) is 2.92. The van der Waals surface area contributed by atoms with E-state index < -0.39 is 5.91 Å². The highest BCUT2D eigenvalue weighted by Crippen LogP contribution is 2.29. The zero-order valence-electron chi connectivity index (χ0n) is 17.3. The standard InChI is InChI=1S/C21H23N5O5/c1-30-17-8-15-16(9-18(17)31-2)25-13-26(21(15)29)12-20(28)23-7-5-19(27)24-11-14-4-3-6-22-10-14/h3-4,6,8-10,13H,5,7,11-12H2,1-2H3,(H,23,28)(H,24,27). The first-order chi connectivity index (χ1) is 15.0. The van der Waals surface area contributed by atoms with E-state index in [1.165, 1.54) is 31.2 Å². The van der Waals surface area contributed by atoms with Crippen molar-refractivity contribution in [2.24, 2.45) is 0 Å². The smallest absolute Gasteiger partial charge is 0.261 e. The summed E-state index contributed by atoms with van der Waals surface area (Å²) in [7, 11) is 2.97.